The van der Waals surface area contributed by atoms with Crippen molar-refractivity contribution in [3.8, 4) is 11.5 Å². The van der Waals surface area contributed by atoms with Gasteiger partial charge in [-0.1, -0.05) is 19.9 Å². The molecule has 1 amide bonds. The third kappa shape index (κ3) is 10.0. The van der Waals surface area contributed by atoms with Crippen molar-refractivity contribution in [3.63, 3.8) is 0 Å². The van der Waals surface area contributed by atoms with Crippen molar-refractivity contribution >= 4 is 35.8 Å². The number of nitrogens with one attached hydrogen (secondary N) is 2. The number of rotatable bonds is 10. The van der Waals surface area contributed by atoms with Gasteiger partial charge in [-0.2, -0.15) is 0 Å². The number of carbonyl (C=O) groups excluding carboxylic acids is 1. The first-order valence-corrected chi connectivity index (χ1v) is 9.76. The van der Waals surface area contributed by atoms with Crippen LogP contribution in [0.15, 0.2) is 23.2 Å². The molecule has 8 heteroatoms. The average molecular weight is 520 g/mol. The maximum atomic E-state index is 11.8. The van der Waals surface area contributed by atoms with Gasteiger partial charge in [0.15, 0.2) is 17.5 Å². The molecular weight excluding hydrogens is 483 g/mol. The van der Waals surface area contributed by atoms with E-state index in [0.717, 1.165) is 30.9 Å². The summed E-state index contributed by atoms with van der Waals surface area (Å²) in [6.07, 6.45) is 1.87. The number of hydrogen-bond donors (Lipinski definition) is 2. The summed E-state index contributed by atoms with van der Waals surface area (Å²) in [7, 11) is 6.75. The number of guanidine groups is 1. The maximum absolute atomic E-state index is 11.8. The molecule has 0 fully saturated rings. The van der Waals surface area contributed by atoms with Crippen molar-refractivity contribution < 1.29 is 14.3 Å². The third-order valence-electron chi connectivity index (χ3n) is 4.52. The average Bonchev–Trinajstić information content (AvgIpc) is 2.69. The Morgan fingerprint density at radius 1 is 1.17 bits per heavy atom. The fourth-order valence-electron chi connectivity index (χ4n) is 2.53. The normalized spacial score (nSPS) is 13.0. The number of hydrogen-bond acceptors (Lipinski definition) is 4. The van der Waals surface area contributed by atoms with Crippen LogP contribution in [-0.2, 0) is 11.2 Å². The van der Waals surface area contributed by atoms with Gasteiger partial charge in [0.25, 0.3) is 0 Å². The topological polar surface area (TPSA) is 75.2 Å². The van der Waals surface area contributed by atoms with Crippen molar-refractivity contribution in [2.75, 3.05) is 41.4 Å². The van der Waals surface area contributed by atoms with Gasteiger partial charge in [-0.15, -0.1) is 24.0 Å². The number of carbonyl (C=O) groups is 1. The molecule has 2 atom stereocenters. The van der Waals surface area contributed by atoms with Crippen molar-refractivity contribution in [2.24, 2.45) is 10.9 Å². The lowest BCUT2D eigenvalue weighted by molar-refractivity contribution is -0.127. The van der Waals surface area contributed by atoms with Gasteiger partial charge in [-0.25, -0.2) is 4.99 Å². The Kier molecular flexibility index (Phi) is 13.5. The Hall–Kier alpha value is -1.71. The molecule has 1 rings (SSSR count). The van der Waals surface area contributed by atoms with Crippen LogP contribution < -0.4 is 20.1 Å². The maximum Gasteiger partial charge on any atom is 0.243 e. The van der Waals surface area contributed by atoms with E-state index >= 15 is 0 Å². The molecule has 166 valence electrons. The molecule has 0 aliphatic carbocycles. The van der Waals surface area contributed by atoms with Crippen LogP contribution in [-0.4, -0.2) is 64.2 Å². The van der Waals surface area contributed by atoms with Crippen LogP contribution in [0.2, 0.25) is 0 Å². The number of amides is 1. The van der Waals surface area contributed by atoms with E-state index in [1.807, 2.05) is 12.1 Å². The van der Waals surface area contributed by atoms with Crippen LogP contribution in [0.1, 0.15) is 32.8 Å². The fourth-order valence-corrected chi connectivity index (χ4v) is 2.53. The summed E-state index contributed by atoms with van der Waals surface area (Å²) < 4.78 is 10.7. The van der Waals surface area contributed by atoms with Gasteiger partial charge >= 0.3 is 0 Å². The molecule has 29 heavy (non-hydrogen) atoms. The summed E-state index contributed by atoms with van der Waals surface area (Å²) in [5.74, 6) is 2.48. The lowest BCUT2D eigenvalue weighted by Gasteiger charge is -2.20. The smallest absolute Gasteiger partial charge is 0.243 e. The van der Waals surface area contributed by atoms with Gasteiger partial charge in [0, 0.05) is 26.7 Å². The van der Waals surface area contributed by atoms with Crippen LogP contribution in [0.4, 0.5) is 0 Å². The molecule has 0 radical (unpaired) electrons. The summed E-state index contributed by atoms with van der Waals surface area (Å²) >= 11 is 0. The van der Waals surface area contributed by atoms with E-state index in [1.165, 1.54) is 5.56 Å². The standard InChI is InChI=1S/C21H36N4O3.HI/c1-8-16(3)24-21(23-14-20(26)25(4)5)22-13-15(2)11-17-9-10-18(27-6)19(12-17)28-7;/h9-10,12,15-16H,8,11,13-14H2,1-7H3,(H2,22,23,24);1H. The molecule has 0 aliphatic heterocycles. The highest BCUT2D eigenvalue weighted by Gasteiger charge is 2.11. The Labute approximate surface area is 192 Å². The number of aliphatic imine (C=N–C) groups is 1. The van der Waals surface area contributed by atoms with Gasteiger partial charge in [0.1, 0.15) is 6.54 Å². The quantitative estimate of drug-likeness (QED) is 0.282. The lowest BCUT2D eigenvalue weighted by Crippen LogP contribution is -2.44. The van der Waals surface area contributed by atoms with E-state index in [9.17, 15) is 4.79 Å². The van der Waals surface area contributed by atoms with E-state index in [-0.39, 0.29) is 42.5 Å². The molecular formula is C21H37IN4O3. The summed E-state index contributed by atoms with van der Waals surface area (Å²) in [5.41, 5.74) is 1.18. The Balaban J connectivity index is 0.00000784. The Bertz CT molecular complexity index is 653. The number of halogens is 1. The zero-order valence-electron chi connectivity index (χ0n) is 18.7. The van der Waals surface area contributed by atoms with Gasteiger partial charge in [0.05, 0.1) is 14.2 Å². The largest absolute Gasteiger partial charge is 0.493 e. The van der Waals surface area contributed by atoms with E-state index < -0.39 is 0 Å². The van der Waals surface area contributed by atoms with Gasteiger partial charge in [-0.3, -0.25) is 4.79 Å². The zero-order chi connectivity index (χ0) is 21.1. The molecule has 0 aliphatic rings. The van der Waals surface area contributed by atoms with Crippen LogP contribution in [0.5, 0.6) is 11.5 Å². The van der Waals surface area contributed by atoms with Crippen molar-refractivity contribution in [3.05, 3.63) is 23.8 Å². The number of methoxy groups -OCH3 is 2. The van der Waals surface area contributed by atoms with E-state index in [2.05, 4.69) is 42.5 Å². The highest BCUT2D eigenvalue weighted by Crippen LogP contribution is 2.28. The number of ether oxygens (including phenoxy) is 2. The Morgan fingerprint density at radius 2 is 1.83 bits per heavy atom. The van der Waals surface area contributed by atoms with Crippen LogP contribution in [0, 0.1) is 5.92 Å². The molecule has 1 aromatic rings. The summed E-state index contributed by atoms with van der Waals surface area (Å²) in [6, 6.07) is 6.28. The van der Waals surface area contributed by atoms with Crippen molar-refractivity contribution in [1.82, 2.24) is 15.5 Å². The second-order valence-corrected chi connectivity index (χ2v) is 7.29. The highest BCUT2D eigenvalue weighted by molar-refractivity contribution is 14.0. The van der Waals surface area contributed by atoms with Gasteiger partial charge in [0.2, 0.25) is 5.91 Å². The summed E-state index contributed by atoms with van der Waals surface area (Å²) in [6.45, 7) is 7.25. The molecule has 7 nitrogen and oxygen atoms in total. The van der Waals surface area contributed by atoms with E-state index in [0.29, 0.717) is 11.9 Å². The molecule has 0 aromatic heterocycles. The number of likely N-dealkylation sites (N-methyl/N-ethyl adjacent to an activating group) is 1. The first-order chi connectivity index (χ1) is 13.3. The van der Waals surface area contributed by atoms with Crippen LogP contribution in [0.3, 0.4) is 0 Å². The minimum Gasteiger partial charge on any atom is -0.493 e. The lowest BCUT2D eigenvalue weighted by atomic mass is 10.0. The van der Waals surface area contributed by atoms with Crippen LogP contribution in [0.25, 0.3) is 0 Å². The first kappa shape index (κ1) is 27.3. The number of nitrogens with zero attached hydrogens (tertiary/aromatic N) is 2. The van der Waals surface area contributed by atoms with Crippen molar-refractivity contribution in [2.45, 2.75) is 39.7 Å². The van der Waals surface area contributed by atoms with Crippen molar-refractivity contribution in [1.29, 1.82) is 0 Å². The minimum absolute atomic E-state index is 0. The molecule has 0 saturated carbocycles. The van der Waals surface area contributed by atoms with E-state index in [4.69, 9.17) is 9.47 Å². The monoisotopic (exact) mass is 520 g/mol. The van der Waals surface area contributed by atoms with Gasteiger partial charge in [-0.05, 0) is 43.4 Å². The predicted octanol–water partition coefficient (Wildman–Crippen LogP) is 2.92. The highest BCUT2D eigenvalue weighted by atomic mass is 127. The first-order valence-electron chi connectivity index (χ1n) is 9.76. The third-order valence-corrected chi connectivity index (χ3v) is 4.52. The Morgan fingerprint density at radius 3 is 2.38 bits per heavy atom. The molecule has 1 aromatic carbocycles. The predicted molar refractivity (Wildman–Crippen MR) is 130 cm³/mol. The van der Waals surface area contributed by atoms with Crippen LogP contribution >= 0.6 is 24.0 Å². The second-order valence-electron chi connectivity index (χ2n) is 7.29. The number of benzene rings is 1. The van der Waals surface area contributed by atoms with Gasteiger partial charge < -0.3 is 25.0 Å². The molecule has 0 heterocycles. The molecule has 2 N–H and O–H groups in total. The minimum atomic E-state index is -0.0244. The SMILES string of the molecule is CCC(C)NC(=NCC(=O)N(C)C)NCC(C)Cc1ccc(OC)c(OC)c1.I. The fraction of sp³-hybridized carbons (Fsp3) is 0.619. The molecule has 0 bridgehead atoms. The zero-order valence-corrected chi connectivity index (χ0v) is 21.1. The molecule has 0 saturated heterocycles. The summed E-state index contributed by atoms with van der Waals surface area (Å²) in [5, 5.41) is 6.71. The molecule has 2 unspecified atom stereocenters. The molecule has 0 spiro atoms. The second kappa shape index (κ2) is 14.3. The summed E-state index contributed by atoms with van der Waals surface area (Å²) in [4.78, 5) is 17.8. The van der Waals surface area contributed by atoms with E-state index in [1.54, 1.807) is 33.2 Å².